The highest BCUT2D eigenvalue weighted by molar-refractivity contribution is 7.71. The number of aromatic nitrogens is 2. The Balaban J connectivity index is 2.20. The van der Waals surface area contributed by atoms with Crippen molar-refractivity contribution in [2.45, 2.75) is 45.2 Å². The molecule has 118 valence electrons. The van der Waals surface area contributed by atoms with Crippen molar-refractivity contribution < 1.29 is 14.3 Å². The summed E-state index contributed by atoms with van der Waals surface area (Å²) in [6, 6.07) is 0. The van der Waals surface area contributed by atoms with Crippen LogP contribution in [0.25, 0.3) is 10.4 Å². The van der Waals surface area contributed by atoms with E-state index in [0.29, 0.717) is 17.5 Å². The van der Waals surface area contributed by atoms with E-state index in [-0.39, 0.29) is 5.69 Å². The molecule has 0 radical (unpaired) electrons. The fourth-order valence-electron chi connectivity index (χ4n) is 2.25. The molecule has 1 aromatic rings. The van der Waals surface area contributed by atoms with Crippen molar-refractivity contribution in [3.63, 3.8) is 0 Å². The van der Waals surface area contributed by atoms with Crippen molar-refractivity contribution in [1.82, 2.24) is 9.55 Å². The Morgan fingerprint density at radius 2 is 2.41 bits per heavy atom. The van der Waals surface area contributed by atoms with E-state index in [1.54, 1.807) is 13.1 Å². The molecule has 2 rings (SSSR count). The van der Waals surface area contributed by atoms with E-state index in [9.17, 15) is 9.59 Å². The zero-order valence-corrected chi connectivity index (χ0v) is 12.9. The Morgan fingerprint density at radius 3 is 3.05 bits per heavy atom. The van der Waals surface area contributed by atoms with Gasteiger partial charge < -0.3 is 9.47 Å². The summed E-state index contributed by atoms with van der Waals surface area (Å²) in [5.41, 5.74) is 8.91. The van der Waals surface area contributed by atoms with Crippen molar-refractivity contribution in [3.8, 4) is 0 Å². The predicted octanol–water partition coefficient (Wildman–Crippen LogP) is 2.09. The third-order valence-electron chi connectivity index (χ3n) is 3.26. The Labute approximate surface area is 130 Å². The summed E-state index contributed by atoms with van der Waals surface area (Å²) in [5.74, 6) is -0.568. The predicted molar refractivity (Wildman–Crippen MR) is 78.5 cm³/mol. The van der Waals surface area contributed by atoms with Gasteiger partial charge >= 0.3 is 11.7 Å². The van der Waals surface area contributed by atoms with Gasteiger partial charge in [0.25, 0.3) is 0 Å². The van der Waals surface area contributed by atoms with Gasteiger partial charge in [-0.2, -0.15) is 0 Å². The van der Waals surface area contributed by atoms with Gasteiger partial charge in [-0.25, -0.2) is 4.79 Å². The molecule has 22 heavy (non-hydrogen) atoms. The monoisotopic (exact) mass is 325 g/mol. The van der Waals surface area contributed by atoms with E-state index in [0.717, 1.165) is 5.56 Å². The van der Waals surface area contributed by atoms with Gasteiger partial charge in [-0.3, -0.25) is 14.3 Å². The number of H-pyrrole nitrogens is 1. The minimum atomic E-state index is -1.05. The van der Waals surface area contributed by atoms with E-state index in [4.69, 9.17) is 27.2 Å². The zero-order valence-electron chi connectivity index (χ0n) is 12.1. The molecule has 1 saturated heterocycles. The molecule has 2 heterocycles. The van der Waals surface area contributed by atoms with Crippen LogP contribution in [0.2, 0.25) is 0 Å². The summed E-state index contributed by atoms with van der Waals surface area (Å²) in [4.78, 5) is 28.2. The molecule has 0 amide bonds. The summed E-state index contributed by atoms with van der Waals surface area (Å²) in [5, 5.41) is 3.43. The molecular weight excluding hydrogens is 310 g/mol. The molecule has 0 bridgehead atoms. The average molecular weight is 325 g/mol. The quantitative estimate of drug-likeness (QED) is 0.298. The molecule has 3 atom stereocenters. The highest BCUT2D eigenvalue weighted by Gasteiger charge is 2.34. The number of nitrogens with one attached hydrogen (secondary N) is 1. The molecule has 1 aliphatic heterocycles. The Bertz CT molecular complexity index is 736. The number of carbonyl (C=O) groups excluding carboxylic acids is 1. The number of hydrogen-bond acceptors (Lipinski definition) is 6. The molecule has 1 aromatic heterocycles. The number of nitrogens with zero attached hydrogens (tertiary/aromatic N) is 4. The number of carbonyl (C=O) groups is 1. The Morgan fingerprint density at radius 1 is 1.68 bits per heavy atom. The lowest BCUT2D eigenvalue weighted by Crippen LogP contribution is -2.31. The summed E-state index contributed by atoms with van der Waals surface area (Å²) >= 11 is 5.00. The molecule has 0 aliphatic carbocycles. The lowest BCUT2D eigenvalue weighted by molar-refractivity contribution is -0.155. The third kappa shape index (κ3) is 3.53. The summed E-state index contributed by atoms with van der Waals surface area (Å²) in [6.45, 7) is 3.00. The van der Waals surface area contributed by atoms with E-state index < -0.39 is 24.5 Å². The number of ether oxygens (including phenoxy) is 2. The first kappa shape index (κ1) is 16.2. The highest BCUT2D eigenvalue weighted by atomic mass is 32.1. The van der Waals surface area contributed by atoms with Crippen LogP contribution in [0.15, 0.2) is 16.1 Å². The number of aromatic amines is 1. The Kier molecular flexibility index (Phi) is 4.96. The van der Waals surface area contributed by atoms with Crippen LogP contribution in [0.1, 0.15) is 31.6 Å². The topological polar surface area (TPSA) is 122 Å². The lowest BCUT2D eigenvalue weighted by Gasteiger charge is -2.20. The van der Waals surface area contributed by atoms with Crippen molar-refractivity contribution in [2.75, 3.05) is 0 Å². The van der Waals surface area contributed by atoms with Gasteiger partial charge in [0.1, 0.15) is 17.0 Å². The Hall–Kier alpha value is -2.16. The van der Waals surface area contributed by atoms with Gasteiger partial charge in [0, 0.05) is 23.6 Å². The van der Waals surface area contributed by atoms with Crippen LogP contribution in [0.4, 0.5) is 0 Å². The molecule has 0 saturated carbocycles. The summed E-state index contributed by atoms with van der Waals surface area (Å²) in [7, 11) is 0. The summed E-state index contributed by atoms with van der Waals surface area (Å²) in [6.07, 6.45) is 0.445. The van der Waals surface area contributed by atoms with Crippen molar-refractivity contribution in [2.24, 2.45) is 5.11 Å². The SMILES string of the molecule is CC(=O)OC(N=[N+]=[N-])[C@@H]1CC[C@H](n2cc(C)c(=S)[nH]c2=O)O1. The van der Waals surface area contributed by atoms with Crippen molar-refractivity contribution in [1.29, 1.82) is 0 Å². The second kappa shape index (κ2) is 6.73. The molecule has 1 aliphatic rings. The van der Waals surface area contributed by atoms with E-state index in [2.05, 4.69) is 15.0 Å². The lowest BCUT2D eigenvalue weighted by atomic mass is 10.2. The summed E-state index contributed by atoms with van der Waals surface area (Å²) < 4.78 is 12.4. The number of azide groups is 1. The molecule has 9 nitrogen and oxygen atoms in total. The molecule has 1 N–H and O–H groups in total. The van der Waals surface area contributed by atoms with Crippen LogP contribution in [0.5, 0.6) is 0 Å². The minimum Gasteiger partial charge on any atom is -0.454 e. The van der Waals surface area contributed by atoms with Crippen molar-refractivity contribution in [3.05, 3.63) is 37.3 Å². The molecule has 10 heteroatoms. The van der Waals surface area contributed by atoms with E-state index >= 15 is 0 Å². The number of rotatable bonds is 4. The molecule has 0 aromatic carbocycles. The van der Waals surface area contributed by atoms with Crippen LogP contribution < -0.4 is 5.69 Å². The first-order valence-electron chi connectivity index (χ1n) is 6.61. The first-order chi connectivity index (χ1) is 10.4. The zero-order chi connectivity index (χ0) is 16.3. The fraction of sp³-hybridized carbons (Fsp3) is 0.583. The van der Waals surface area contributed by atoms with Crippen LogP contribution in [0, 0.1) is 11.6 Å². The fourth-order valence-corrected chi connectivity index (χ4v) is 2.39. The maximum absolute atomic E-state index is 12.0. The van der Waals surface area contributed by atoms with Crippen LogP contribution in [0.3, 0.4) is 0 Å². The molecular formula is C12H15N5O4S. The van der Waals surface area contributed by atoms with Crippen LogP contribution in [-0.4, -0.2) is 27.9 Å². The number of hydrogen-bond donors (Lipinski definition) is 1. The van der Waals surface area contributed by atoms with E-state index in [1.807, 2.05) is 0 Å². The second-order valence-corrected chi connectivity index (χ2v) is 5.30. The van der Waals surface area contributed by atoms with Gasteiger partial charge in [0.05, 0.1) is 0 Å². The smallest absolute Gasteiger partial charge is 0.328 e. The van der Waals surface area contributed by atoms with Crippen molar-refractivity contribution >= 4 is 18.2 Å². The van der Waals surface area contributed by atoms with Gasteiger partial charge in [-0.1, -0.05) is 12.2 Å². The second-order valence-electron chi connectivity index (χ2n) is 4.89. The molecule has 0 spiro atoms. The maximum Gasteiger partial charge on any atom is 0.328 e. The number of esters is 1. The normalized spacial score (nSPS) is 21.9. The van der Waals surface area contributed by atoms with Gasteiger partial charge in [-0.15, -0.1) is 0 Å². The third-order valence-corrected chi connectivity index (χ3v) is 3.68. The van der Waals surface area contributed by atoms with Crippen LogP contribution in [-0.2, 0) is 14.3 Å². The molecule has 1 fully saturated rings. The average Bonchev–Trinajstić information content (AvgIpc) is 2.91. The van der Waals surface area contributed by atoms with Gasteiger partial charge in [-0.05, 0) is 30.4 Å². The largest absolute Gasteiger partial charge is 0.454 e. The standard InChI is InChI=1S/C12H15N5O4S/c1-6-5-17(12(19)14-11(6)22)9-4-3-8(21-9)10(15-16-13)20-7(2)18/h5,8-10H,3-4H2,1-2H3,(H,14,19,22)/t8-,9+,10?/m0/s1. The van der Waals surface area contributed by atoms with Gasteiger partial charge in [0.2, 0.25) is 6.23 Å². The minimum absolute atomic E-state index is 0.377. The number of aryl methyl sites for hydroxylation is 1. The highest BCUT2D eigenvalue weighted by Crippen LogP contribution is 2.30. The van der Waals surface area contributed by atoms with E-state index in [1.165, 1.54) is 11.5 Å². The van der Waals surface area contributed by atoms with Gasteiger partial charge in [0.15, 0.2) is 0 Å². The maximum atomic E-state index is 12.0. The van der Waals surface area contributed by atoms with Crippen LogP contribution >= 0.6 is 12.2 Å². The first-order valence-corrected chi connectivity index (χ1v) is 7.02. The molecule has 1 unspecified atom stereocenters.